The van der Waals surface area contributed by atoms with Crippen molar-refractivity contribution in [1.29, 1.82) is 0 Å². The van der Waals surface area contributed by atoms with Gasteiger partial charge in [-0.2, -0.15) is 13.2 Å². The van der Waals surface area contributed by atoms with E-state index in [9.17, 15) is 21.6 Å². The minimum absolute atomic E-state index is 0.123. The van der Waals surface area contributed by atoms with E-state index in [0.717, 1.165) is 38.1 Å². The summed E-state index contributed by atoms with van der Waals surface area (Å²) >= 11 is 0. The Hall–Kier alpha value is -1.12. The normalized spacial score (nSPS) is 20.2. The van der Waals surface area contributed by atoms with Crippen molar-refractivity contribution in [3.63, 3.8) is 0 Å². The standard InChI is InChI=1S/C16H23F3N2O2S/c1-13-7-4-5-11-21(13)12-6-10-20-24(22,23)15-9-3-2-8-14(15)16(17,18)19/h2-3,8-9,13,20H,4-7,10-12H2,1H3. The van der Waals surface area contributed by atoms with E-state index in [4.69, 9.17) is 0 Å². The molecule has 1 fully saturated rings. The summed E-state index contributed by atoms with van der Waals surface area (Å²) in [5.74, 6) is 0. The lowest BCUT2D eigenvalue weighted by atomic mass is 10.0. The van der Waals surface area contributed by atoms with Crippen molar-refractivity contribution < 1.29 is 21.6 Å². The number of halogens is 3. The fraction of sp³-hybridized carbons (Fsp3) is 0.625. The highest BCUT2D eigenvalue weighted by atomic mass is 32.2. The second kappa shape index (κ2) is 7.84. The predicted octanol–water partition coefficient (Wildman–Crippen LogP) is 3.25. The van der Waals surface area contributed by atoms with Gasteiger partial charge in [0.1, 0.15) is 0 Å². The van der Waals surface area contributed by atoms with Crippen LogP contribution in [0, 0.1) is 0 Å². The van der Waals surface area contributed by atoms with Crippen LogP contribution >= 0.6 is 0 Å². The zero-order valence-corrected chi connectivity index (χ0v) is 14.5. The number of likely N-dealkylation sites (tertiary alicyclic amines) is 1. The molecule has 0 saturated carbocycles. The number of hydrogen-bond acceptors (Lipinski definition) is 3. The minimum atomic E-state index is -4.70. The fourth-order valence-electron chi connectivity index (χ4n) is 2.99. The highest BCUT2D eigenvalue weighted by molar-refractivity contribution is 7.89. The summed E-state index contributed by atoms with van der Waals surface area (Å²) in [6, 6.07) is 4.71. The lowest BCUT2D eigenvalue weighted by Crippen LogP contribution is -2.39. The SMILES string of the molecule is CC1CCCCN1CCCNS(=O)(=O)c1ccccc1C(F)(F)F. The monoisotopic (exact) mass is 364 g/mol. The van der Waals surface area contributed by atoms with Gasteiger partial charge in [-0.1, -0.05) is 18.6 Å². The molecule has 0 spiro atoms. The molecule has 24 heavy (non-hydrogen) atoms. The van der Waals surface area contributed by atoms with Crippen molar-refractivity contribution in [3.8, 4) is 0 Å². The zero-order chi connectivity index (χ0) is 17.8. The smallest absolute Gasteiger partial charge is 0.301 e. The molecule has 8 heteroatoms. The highest BCUT2D eigenvalue weighted by Gasteiger charge is 2.36. The first-order valence-electron chi connectivity index (χ1n) is 8.12. The molecule has 0 aliphatic carbocycles. The molecule has 1 saturated heterocycles. The molecule has 1 unspecified atom stereocenters. The molecule has 1 N–H and O–H groups in total. The summed E-state index contributed by atoms with van der Waals surface area (Å²) in [6.07, 6.45) is -0.662. The molecule has 1 aliphatic rings. The third kappa shape index (κ3) is 4.94. The van der Waals surface area contributed by atoms with Crippen LogP contribution in [0.5, 0.6) is 0 Å². The van der Waals surface area contributed by atoms with Crippen molar-refractivity contribution >= 4 is 10.0 Å². The van der Waals surface area contributed by atoms with E-state index in [1.54, 1.807) is 0 Å². The summed E-state index contributed by atoms with van der Waals surface area (Å²) in [4.78, 5) is 1.57. The van der Waals surface area contributed by atoms with Gasteiger partial charge in [0, 0.05) is 12.6 Å². The van der Waals surface area contributed by atoms with Crippen LogP contribution in [0.15, 0.2) is 29.2 Å². The van der Waals surface area contributed by atoms with Crippen molar-refractivity contribution in [2.45, 2.75) is 49.7 Å². The number of alkyl halides is 3. The summed E-state index contributed by atoms with van der Waals surface area (Å²) in [6.45, 7) is 4.00. The van der Waals surface area contributed by atoms with Gasteiger partial charge < -0.3 is 4.90 Å². The van der Waals surface area contributed by atoms with Gasteiger partial charge in [0.15, 0.2) is 0 Å². The second-order valence-electron chi connectivity index (χ2n) is 6.13. The average Bonchev–Trinajstić information content (AvgIpc) is 2.52. The van der Waals surface area contributed by atoms with Gasteiger partial charge in [-0.05, 0) is 51.4 Å². The number of nitrogens with one attached hydrogen (secondary N) is 1. The molecule has 0 aromatic heterocycles. The Morgan fingerprint density at radius 1 is 1.25 bits per heavy atom. The van der Waals surface area contributed by atoms with E-state index in [1.165, 1.54) is 18.6 Å². The van der Waals surface area contributed by atoms with Gasteiger partial charge in [-0.25, -0.2) is 13.1 Å². The third-order valence-corrected chi connectivity index (χ3v) is 5.86. The van der Waals surface area contributed by atoms with E-state index >= 15 is 0 Å². The molecule has 1 atom stereocenters. The molecule has 4 nitrogen and oxygen atoms in total. The van der Waals surface area contributed by atoms with Crippen molar-refractivity contribution in [1.82, 2.24) is 9.62 Å². The highest BCUT2D eigenvalue weighted by Crippen LogP contribution is 2.33. The Morgan fingerprint density at radius 2 is 1.96 bits per heavy atom. The van der Waals surface area contributed by atoms with E-state index in [2.05, 4.69) is 16.5 Å². The Morgan fingerprint density at radius 3 is 2.62 bits per heavy atom. The van der Waals surface area contributed by atoms with Crippen molar-refractivity contribution in [2.24, 2.45) is 0 Å². The lowest BCUT2D eigenvalue weighted by molar-refractivity contribution is -0.139. The molecular weight excluding hydrogens is 341 g/mol. The Bertz CT molecular complexity index is 647. The quantitative estimate of drug-likeness (QED) is 0.789. The molecular formula is C16H23F3N2O2S. The molecule has 2 rings (SSSR count). The van der Waals surface area contributed by atoms with Crippen LogP contribution in [0.3, 0.4) is 0 Å². The fourth-order valence-corrected chi connectivity index (χ4v) is 4.29. The van der Waals surface area contributed by atoms with Crippen LogP contribution in [0.4, 0.5) is 13.2 Å². The number of sulfonamides is 1. The van der Waals surface area contributed by atoms with Gasteiger partial charge >= 0.3 is 6.18 Å². The van der Waals surface area contributed by atoms with Crippen LogP contribution in [-0.2, 0) is 16.2 Å². The Kier molecular flexibility index (Phi) is 6.28. The Balaban J connectivity index is 1.95. The molecule has 136 valence electrons. The molecule has 0 bridgehead atoms. The van der Waals surface area contributed by atoms with E-state index in [1.807, 2.05) is 0 Å². The lowest BCUT2D eigenvalue weighted by Gasteiger charge is -2.33. The van der Waals surface area contributed by atoms with Crippen LogP contribution in [0.25, 0.3) is 0 Å². The molecule has 1 aliphatic heterocycles. The maximum Gasteiger partial charge on any atom is 0.417 e. The van der Waals surface area contributed by atoms with Crippen LogP contribution < -0.4 is 4.72 Å². The maximum absolute atomic E-state index is 13.0. The number of hydrogen-bond donors (Lipinski definition) is 1. The first kappa shape index (κ1) is 19.2. The number of benzene rings is 1. The molecule has 1 heterocycles. The molecule has 0 radical (unpaired) electrons. The minimum Gasteiger partial charge on any atom is -0.301 e. The van der Waals surface area contributed by atoms with Crippen LogP contribution in [0.2, 0.25) is 0 Å². The van der Waals surface area contributed by atoms with Crippen molar-refractivity contribution in [2.75, 3.05) is 19.6 Å². The summed E-state index contributed by atoms with van der Waals surface area (Å²) < 4.78 is 65.5. The third-order valence-electron chi connectivity index (χ3n) is 4.34. The second-order valence-corrected chi connectivity index (χ2v) is 7.86. The maximum atomic E-state index is 13.0. The zero-order valence-electron chi connectivity index (χ0n) is 13.6. The number of rotatable bonds is 6. The van der Waals surface area contributed by atoms with Gasteiger partial charge in [0.25, 0.3) is 0 Å². The Labute approximate surface area is 141 Å². The van der Waals surface area contributed by atoms with Gasteiger partial charge in [0.05, 0.1) is 10.5 Å². The largest absolute Gasteiger partial charge is 0.417 e. The van der Waals surface area contributed by atoms with Gasteiger partial charge in [0.2, 0.25) is 10.0 Å². The number of piperidine rings is 1. The average molecular weight is 364 g/mol. The first-order chi connectivity index (χ1) is 11.2. The summed E-state index contributed by atoms with van der Waals surface area (Å²) in [5.41, 5.74) is -1.14. The van der Waals surface area contributed by atoms with Crippen LogP contribution in [-0.4, -0.2) is 39.0 Å². The first-order valence-corrected chi connectivity index (χ1v) is 9.60. The molecule has 1 aromatic rings. The van der Waals surface area contributed by atoms with Gasteiger partial charge in [-0.3, -0.25) is 0 Å². The topological polar surface area (TPSA) is 49.4 Å². The summed E-state index contributed by atoms with van der Waals surface area (Å²) in [5, 5.41) is 0. The van der Waals surface area contributed by atoms with Crippen molar-refractivity contribution in [3.05, 3.63) is 29.8 Å². The van der Waals surface area contributed by atoms with E-state index in [0.29, 0.717) is 12.5 Å². The molecule has 1 aromatic carbocycles. The van der Waals surface area contributed by atoms with Crippen LogP contribution in [0.1, 0.15) is 38.2 Å². The summed E-state index contributed by atoms with van der Waals surface area (Å²) in [7, 11) is -4.18. The van der Waals surface area contributed by atoms with Gasteiger partial charge in [-0.15, -0.1) is 0 Å². The number of nitrogens with zero attached hydrogens (tertiary/aromatic N) is 1. The molecule has 0 amide bonds. The van der Waals surface area contributed by atoms with E-state index in [-0.39, 0.29) is 6.54 Å². The van der Waals surface area contributed by atoms with E-state index < -0.39 is 26.7 Å². The predicted molar refractivity (Wildman–Crippen MR) is 86.1 cm³/mol.